The molecule has 0 spiro atoms. The molecule has 9 atom stereocenters. The predicted molar refractivity (Wildman–Crippen MR) is 169 cm³/mol. The lowest BCUT2D eigenvalue weighted by molar-refractivity contribution is -0.0775. The van der Waals surface area contributed by atoms with E-state index in [4.69, 9.17) is 17.4 Å². The minimum atomic E-state index is 0.361. The molecule has 4 bridgehead atoms. The molecule has 3 nitrogen and oxygen atoms in total. The minimum absolute atomic E-state index is 0.361. The Morgan fingerprint density at radius 1 is 0.975 bits per heavy atom. The third kappa shape index (κ3) is 5.11. The molecule has 6 aliphatic heterocycles. The van der Waals surface area contributed by atoms with E-state index in [0.717, 1.165) is 24.5 Å². The molecule has 220 valence electrons. The number of allylic oxidation sites excluding steroid dienone is 2. The van der Waals surface area contributed by atoms with Gasteiger partial charge in [-0.3, -0.25) is 4.90 Å². The van der Waals surface area contributed by atoms with E-state index in [1.165, 1.54) is 83.7 Å². The van der Waals surface area contributed by atoms with E-state index < -0.39 is 0 Å². The van der Waals surface area contributed by atoms with Crippen LogP contribution < -0.4 is 0 Å². The summed E-state index contributed by atoms with van der Waals surface area (Å²) in [6.07, 6.45) is 17.8. The van der Waals surface area contributed by atoms with Gasteiger partial charge in [-0.2, -0.15) is 12.6 Å². The van der Waals surface area contributed by atoms with Crippen LogP contribution in [0.3, 0.4) is 0 Å². The summed E-state index contributed by atoms with van der Waals surface area (Å²) in [5.74, 6) is 4.19. The van der Waals surface area contributed by atoms with E-state index in [2.05, 4.69) is 60.9 Å². The van der Waals surface area contributed by atoms with Crippen molar-refractivity contribution in [3.8, 4) is 0 Å². The third-order valence-corrected chi connectivity index (χ3v) is 13.1. The largest absolute Gasteiger partial charge is 0.378 e. The van der Waals surface area contributed by atoms with E-state index >= 15 is 0 Å². The van der Waals surface area contributed by atoms with Gasteiger partial charge in [0.15, 0.2) is 0 Å². The fourth-order valence-electron chi connectivity index (χ4n) is 10.3. The number of hydrogen-bond donors (Lipinski definition) is 1. The van der Waals surface area contributed by atoms with Gasteiger partial charge in [0.1, 0.15) is 0 Å². The van der Waals surface area contributed by atoms with Gasteiger partial charge < -0.3 is 9.64 Å². The first-order chi connectivity index (χ1) is 19.5. The number of thiol groups is 1. The van der Waals surface area contributed by atoms with Crippen LogP contribution in [0.2, 0.25) is 0 Å². The molecule has 0 amide bonds. The summed E-state index contributed by atoms with van der Waals surface area (Å²) in [5.41, 5.74) is 4.87. The fraction of sp³-hybridized carbons (Fsp3) is 0.778. The van der Waals surface area contributed by atoms with E-state index in [9.17, 15) is 0 Å². The maximum Gasteiger partial charge on any atom is 0.0550 e. The van der Waals surface area contributed by atoms with Crippen LogP contribution >= 0.6 is 12.6 Å². The van der Waals surface area contributed by atoms with Gasteiger partial charge in [0, 0.05) is 54.0 Å². The summed E-state index contributed by atoms with van der Waals surface area (Å²) >= 11 is 5.50. The third-order valence-electron chi connectivity index (χ3n) is 12.5. The highest BCUT2D eigenvalue weighted by molar-refractivity contribution is 7.81. The second kappa shape index (κ2) is 11.6. The molecule has 0 N–H and O–H groups in total. The summed E-state index contributed by atoms with van der Waals surface area (Å²) in [7, 11) is 0. The van der Waals surface area contributed by atoms with Crippen molar-refractivity contribution in [2.75, 3.05) is 19.7 Å². The lowest BCUT2D eigenvalue weighted by atomic mass is 9.68. The number of hydrogen-bond acceptors (Lipinski definition) is 4. The highest BCUT2D eigenvalue weighted by Gasteiger charge is 2.47. The first-order valence-corrected chi connectivity index (χ1v) is 17.6. The maximum absolute atomic E-state index is 6.48. The minimum Gasteiger partial charge on any atom is -0.378 e. The first kappa shape index (κ1) is 27.8. The molecule has 4 heteroatoms. The number of ether oxygens (including phenoxy) is 1. The Hall–Kier alpha value is -0.970. The summed E-state index contributed by atoms with van der Waals surface area (Å²) < 4.78 is 6.48. The van der Waals surface area contributed by atoms with Crippen molar-refractivity contribution < 1.29 is 4.74 Å². The van der Waals surface area contributed by atoms with Crippen molar-refractivity contribution in [3.63, 3.8) is 0 Å². The van der Waals surface area contributed by atoms with Crippen LogP contribution in [-0.4, -0.2) is 59.0 Å². The van der Waals surface area contributed by atoms with E-state index in [0.29, 0.717) is 47.1 Å². The van der Waals surface area contributed by atoms with Crippen LogP contribution in [0.4, 0.5) is 0 Å². The molecule has 0 radical (unpaired) electrons. The van der Waals surface area contributed by atoms with Gasteiger partial charge in [-0.05, 0) is 112 Å². The lowest BCUT2D eigenvalue weighted by Gasteiger charge is -2.55. The molecule has 1 saturated carbocycles. The molecule has 1 aromatic rings. The van der Waals surface area contributed by atoms with Gasteiger partial charge in [-0.15, -0.1) is 0 Å². The summed E-state index contributed by atoms with van der Waals surface area (Å²) in [6.45, 7) is 10.7. The zero-order chi connectivity index (χ0) is 27.4. The average molecular weight is 563 g/mol. The molecule has 2 aliphatic carbocycles. The number of benzene rings is 1. The second-order valence-electron chi connectivity index (χ2n) is 14.7. The molecule has 0 aromatic heterocycles. The number of rotatable bonds is 7. The molecular formula is C36H54N2OS. The average Bonchev–Trinajstić information content (AvgIpc) is 3.00. The highest BCUT2D eigenvalue weighted by atomic mass is 32.1. The number of fused-ring (bicyclic) bond motifs is 6. The summed E-state index contributed by atoms with van der Waals surface area (Å²) in [6, 6.07) is 11.5. The normalized spacial score (nSPS) is 41.0. The second-order valence-corrected chi connectivity index (χ2v) is 15.4. The number of nitrogens with zero attached hydrogens (tertiary/aromatic N) is 2. The summed E-state index contributed by atoms with van der Waals surface area (Å²) in [4.78, 5) is 5.84. The Bertz CT molecular complexity index is 1060. The van der Waals surface area contributed by atoms with Crippen molar-refractivity contribution in [1.82, 2.24) is 9.80 Å². The highest BCUT2D eigenvalue weighted by Crippen LogP contribution is 2.50. The van der Waals surface area contributed by atoms with E-state index in [1.54, 1.807) is 16.8 Å². The van der Waals surface area contributed by atoms with Crippen LogP contribution in [0, 0.1) is 23.7 Å². The van der Waals surface area contributed by atoms with Crippen molar-refractivity contribution >= 4 is 12.6 Å². The van der Waals surface area contributed by atoms with Crippen molar-refractivity contribution in [1.29, 1.82) is 0 Å². The Morgan fingerprint density at radius 2 is 1.77 bits per heavy atom. The molecule has 9 unspecified atom stereocenters. The Kier molecular flexibility index (Phi) is 8.08. The van der Waals surface area contributed by atoms with E-state index in [1.807, 2.05) is 0 Å². The zero-order valence-corrected chi connectivity index (χ0v) is 26.3. The van der Waals surface area contributed by atoms with Gasteiger partial charge in [0.25, 0.3) is 0 Å². The van der Waals surface area contributed by atoms with Crippen molar-refractivity contribution in [2.45, 2.75) is 133 Å². The number of piperidine rings is 3. The van der Waals surface area contributed by atoms with Crippen LogP contribution in [0.15, 0.2) is 36.0 Å². The topological polar surface area (TPSA) is 15.7 Å². The quantitative estimate of drug-likeness (QED) is 0.339. The maximum atomic E-state index is 6.48. The molecule has 40 heavy (non-hydrogen) atoms. The molecule has 8 aliphatic rings. The fourth-order valence-corrected chi connectivity index (χ4v) is 10.9. The Balaban J connectivity index is 1.11. The van der Waals surface area contributed by atoms with Gasteiger partial charge in [-0.25, -0.2) is 0 Å². The summed E-state index contributed by atoms with van der Waals surface area (Å²) in [5, 5.41) is 0.465. The van der Waals surface area contributed by atoms with Gasteiger partial charge in [-0.1, -0.05) is 44.2 Å². The molecule has 9 rings (SSSR count). The molecule has 5 fully saturated rings. The van der Waals surface area contributed by atoms with Gasteiger partial charge >= 0.3 is 0 Å². The molecule has 4 saturated heterocycles. The molecular weight excluding hydrogens is 508 g/mol. The Morgan fingerprint density at radius 3 is 2.50 bits per heavy atom. The van der Waals surface area contributed by atoms with Gasteiger partial charge in [0.05, 0.1) is 12.7 Å². The monoisotopic (exact) mass is 562 g/mol. The van der Waals surface area contributed by atoms with Crippen molar-refractivity contribution in [2.24, 2.45) is 23.7 Å². The molecule has 1 aromatic carbocycles. The molecule has 6 heterocycles. The van der Waals surface area contributed by atoms with Gasteiger partial charge in [0.2, 0.25) is 0 Å². The first-order valence-electron chi connectivity index (χ1n) is 17.1. The van der Waals surface area contributed by atoms with Crippen LogP contribution in [-0.2, 0) is 4.74 Å². The predicted octanol–water partition coefficient (Wildman–Crippen LogP) is 8.03. The van der Waals surface area contributed by atoms with Crippen LogP contribution in [0.25, 0.3) is 0 Å². The smallest absolute Gasteiger partial charge is 0.0550 e. The lowest BCUT2D eigenvalue weighted by Crippen LogP contribution is -2.56. The van der Waals surface area contributed by atoms with E-state index in [-0.39, 0.29) is 0 Å². The van der Waals surface area contributed by atoms with Crippen LogP contribution in [0.1, 0.15) is 114 Å². The Labute approximate surface area is 249 Å². The SMILES string of the molecule is CCC(CC(S)C1CC(C)OCC1C1CC2C=C(C3CCC(C)c4ccccc43)N1CC2)N1CC2CCC1CC2. The standard InChI is InChI=1S/C36H54N2OS/c1-4-27(38-21-25-10-12-28(38)13-11-25)20-36(40)32-17-24(3)39-22-33(32)35-19-26-15-16-37(35)34(18-26)31-14-9-23(2)29-7-5-6-8-30(29)31/h5-8,18,23-28,31-33,35-36,40H,4,9-17,19-22H2,1-3H3. The zero-order valence-electron chi connectivity index (χ0n) is 25.4. The van der Waals surface area contributed by atoms with Crippen LogP contribution in [0.5, 0.6) is 0 Å². The van der Waals surface area contributed by atoms with Crippen molar-refractivity contribution in [3.05, 3.63) is 47.2 Å².